The van der Waals surface area contributed by atoms with Gasteiger partial charge in [-0.15, -0.1) is 0 Å². The molecule has 7 nitrogen and oxygen atoms in total. The number of imidazole rings is 1. The average Bonchev–Trinajstić information content (AvgIpc) is 3.39. The van der Waals surface area contributed by atoms with Crippen molar-refractivity contribution in [2.75, 3.05) is 13.1 Å². The fourth-order valence-corrected chi connectivity index (χ4v) is 8.85. The van der Waals surface area contributed by atoms with Crippen molar-refractivity contribution in [2.45, 2.75) is 101 Å². The molecule has 0 amide bonds. The first-order valence-electron chi connectivity index (χ1n) is 15.0. The Labute approximate surface area is 241 Å². The van der Waals surface area contributed by atoms with E-state index in [0.717, 1.165) is 42.7 Å². The standard InChI is InChI=1S/C31H41F2N5O2S/c1-22-35-29-9-5-6-10-30(29)38(22)28-19-26-11-12-27(20-28)36(26)18-15-24(23-7-3-2-4-8-23)21-37(41(34,39)40)25-13-16-31(32,33)17-14-25/h2-10,24-28H,11-21H2,1H3,(H2,34,39,40)/t24?,26-,27+,28?. The fourth-order valence-electron chi connectivity index (χ4n) is 7.83. The van der Waals surface area contributed by atoms with Gasteiger partial charge >= 0.3 is 0 Å². The van der Waals surface area contributed by atoms with Gasteiger partial charge in [-0.2, -0.15) is 12.7 Å². The third-order valence-electron chi connectivity index (χ3n) is 9.82. The number of aryl methyl sites for hydroxylation is 1. The van der Waals surface area contributed by atoms with Crippen LogP contribution < -0.4 is 5.14 Å². The summed E-state index contributed by atoms with van der Waals surface area (Å²) in [5.41, 5.74) is 3.31. The van der Waals surface area contributed by atoms with E-state index in [-0.39, 0.29) is 38.1 Å². The Balaban J connectivity index is 1.18. The monoisotopic (exact) mass is 585 g/mol. The van der Waals surface area contributed by atoms with Gasteiger partial charge in [-0.05, 0) is 82.0 Å². The first-order valence-corrected chi connectivity index (χ1v) is 16.5. The van der Waals surface area contributed by atoms with Crippen LogP contribution in [0, 0.1) is 6.92 Å². The van der Waals surface area contributed by atoms with Crippen LogP contribution in [-0.2, 0) is 10.2 Å². The highest BCUT2D eigenvalue weighted by atomic mass is 32.2. The van der Waals surface area contributed by atoms with Crippen molar-refractivity contribution < 1.29 is 17.2 Å². The second-order valence-electron chi connectivity index (χ2n) is 12.4. The molecule has 2 saturated heterocycles. The molecule has 0 radical (unpaired) electrons. The maximum absolute atomic E-state index is 13.9. The van der Waals surface area contributed by atoms with E-state index in [1.54, 1.807) is 0 Å². The van der Waals surface area contributed by atoms with Crippen LogP contribution in [-0.4, -0.2) is 64.3 Å². The highest BCUT2D eigenvalue weighted by Crippen LogP contribution is 2.43. The van der Waals surface area contributed by atoms with Gasteiger partial charge in [0.25, 0.3) is 10.2 Å². The minimum Gasteiger partial charge on any atom is -0.325 e. The largest absolute Gasteiger partial charge is 0.325 e. The molecule has 2 bridgehead atoms. The summed E-state index contributed by atoms with van der Waals surface area (Å²) in [6.45, 7) is 3.18. The Kier molecular flexibility index (Phi) is 7.95. The number of fused-ring (bicyclic) bond motifs is 3. The molecule has 1 aliphatic carbocycles. The highest BCUT2D eigenvalue weighted by Gasteiger charge is 2.43. The van der Waals surface area contributed by atoms with Gasteiger partial charge in [0.1, 0.15) is 5.82 Å². The summed E-state index contributed by atoms with van der Waals surface area (Å²) in [5.74, 6) is -1.74. The van der Waals surface area contributed by atoms with Crippen molar-refractivity contribution in [2.24, 2.45) is 5.14 Å². The van der Waals surface area contributed by atoms with E-state index in [1.807, 2.05) is 36.4 Å². The Hall–Kier alpha value is -2.40. The van der Waals surface area contributed by atoms with Crippen molar-refractivity contribution >= 4 is 21.2 Å². The summed E-state index contributed by atoms with van der Waals surface area (Å²) in [6.07, 6.45) is 4.93. The van der Waals surface area contributed by atoms with Gasteiger partial charge in [0.2, 0.25) is 5.92 Å². The average molecular weight is 586 g/mol. The molecule has 41 heavy (non-hydrogen) atoms. The van der Waals surface area contributed by atoms with Crippen LogP contribution in [0.5, 0.6) is 0 Å². The molecule has 1 saturated carbocycles. The topological polar surface area (TPSA) is 84.5 Å². The summed E-state index contributed by atoms with van der Waals surface area (Å²) in [5, 5.41) is 5.70. The summed E-state index contributed by atoms with van der Waals surface area (Å²) in [7, 11) is -4.05. The smallest absolute Gasteiger partial charge is 0.277 e. The van der Waals surface area contributed by atoms with E-state index in [4.69, 9.17) is 10.1 Å². The number of alkyl halides is 2. The van der Waals surface area contributed by atoms with Crippen LogP contribution in [0.1, 0.15) is 81.1 Å². The van der Waals surface area contributed by atoms with Crippen LogP contribution in [0.25, 0.3) is 11.0 Å². The molecule has 2 N–H and O–H groups in total. The molecule has 10 heteroatoms. The van der Waals surface area contributed by atoms with E-state index >= 15 is 0 Å². The lowest BCUT2D eigenvalue weighted by molar-refractivity contribution is -0.0470. The van der Waals surface area contributed by atoms with Gasteiger partial charge < -0.3 is 4.57 Å². The van der Waals surface area contributed by atoms with Crippen LogP contribution in [0.4, 0.5) is 8.78 Å². The van der Waals surface area contributed by atoms with Gasteiger partial charge in [-0.3, -0.25) is 4.90 Å². The predicted molar refractivity (Wildman–Crippen MR) is 157 cm³/mol. The summed E-state index contributed by atoms with van der Waals surface area (Å²) in [6, 6.07) is 19.2. The van der Waals surface area contributed by atoms with Gasteiger partial charge in [0, 0.05) is 43.6 Å². The number of halogens is 2. The Morgan fingerprint density at radius 2 is 1.61 bits per heavy atom. The van der Waals surface area contributed by atoms with E-state index < -0.39 is 22.2 Å². The number of nitrogens with two attached hydrogens (primary N) is 1. The molecule has 222 valence electrons. The summed E-state index contributed by atoms with van der Waals surface area (Å²) in [4.78, 5) is 7.45. The molecule has 3 heterocycles. The van der Waals surface area contributed by atoms with Crippen LogP contribution in [0.2, 0.25) is 0 Å². The lowest BCUT2D eigenvalue weighted by Gasteiger charge is -2.41. The zero-order chi connectivity index (χ0) is 28.8. The molecule has 6 rings (SSSR count). The van der Waals surface area contributed by atoms with Crippen LogP contribution >= 0.6 is 0 Å². The third kappa shape index (κ3) is 6.07. The number of hydrogen-bond acceptors (Lipinski definition) is 4. The number of rotatable bonds is 9. The highest BCUT2D eigenvalue weighted by molar-refractivity contribution is 7.86. The molecule has 3 aromatic rings. The van der Waals surface area contributed by atoms with Gasteiger partial charge in [-0.25, -0.2) is 18.9 Å². The molecule has 3 fully saturated rings. The third-order valence-corrected chi connectivity index (χ3v) is 10.9. The first-order chi connectivity index (χ1) is 19.6. The van der Waals surface area contributed by atoms with E-state index in [2.05, 4.69) is 34.6 Å². The lowest BCUT2D eigenvalue weighted by atomic mass is 9.90. The van der Waals surface area contributed by atoms with E-state index in [9.17, 15) is 17.2 Å². The number of piperidine rings is 1. The van der Waals surface area contributed by atoms with Crippen molar-refractivity contribution in [1.29, 1.82) is 0 Å². The summed E-state index contributed by atoms with van der Waals surface area (Å²) < 4.78 is 57.0. The Morgan fingerprint density at radius 3 is 2.27 bits per heavy atom. The molecule has 1 aromatic heterocycles. The number of benzene rings is 2. The number of aromatic nitrogens is 2. The van der Waals surface area contributed by atoms with Crippen molar-refractivity contribution in [3.8, 4) is 0 Å². The van der Waals surface area contributed by atoms with Gasteiger partial charge in [-0.1, -0.05) is 42.5 Å². The molecule has 4 atom stereocenters. The molecular weight excluding hydrogens is 544 g/mol. The summed E-state index contributed by atoms with van der Waals surface area (Å²) >= 11 is 0. The SMILES string of the molecule is Cc1nc2ccccc2n1C1C[C@H]2CC[C@@H](C1)N2CCC(CN(C1CCC(F)(F)CC1)S(N)(=O)=O)c1ccccc1. The second-order valence-corrected chi connectivity index (χ2v) is 13.9. The van der Waals surface area contributed by atoms with Crippen LogP contribution in [0.3, 0.4) is 0 Å². The Bertz CT molecular complexity index is 1440. The maximum Gasteiger partial charge on any atom is 0.277 e. The molecule has 3 aliphatic rings. The maximum atomic E-state index is 13.9. The molecule has 2 unspecified atom stereocenters. The van der Waals surface area contributed by atoms with E-state index in [1.165, 1.54) is 22.7 Å². The number of hydrogen-bond donors (Lipinski definition) is 1. The van der Waals surface area contributed by atoms with Crippen molar-refractivity contribution in [3.63, 3.8) is 0 Å². The first kappa shape index (κ1) is 28.7. The van der Waals surface area contributed by atoms with Gasteiger partial charge in [0.15, 0.2) is 0 Å². The quantitative estimate of drug-likeness (QED) is 0.346. The normalized spacial score (nSPS) is 26.1. The fraction of sp³-hybridized carbons (Fsp3) is 0.581. The van der Waals surface area contributed by atoms with E-state index in [0.29, 0.717) is 18.1 Å². The molecule has 2 aliphatic heterocycles. The molecule has 2 aromatic carbocycles. The second kappa shape index (κ2) is 11.4. The minimum atomic E-state index is -4.05. The van der Waals surface area contributed by atoms with Crippen molar-refractivity contribution in [3.05, 3.63) is 66.0 Å². The number of para-hydroxylation sites is 2. The van der Waals surface area contributed by atoms with Crippen LogP contribution in [0.15, 0.2) is 54.6 Å². The Morgan fingerprint density at radius 1 is 0.976 bits per heavy atom. The van der Waals surface area contributed by atoms with Gasteiger partial charge in [0.05, 0.1) is 11.0 Å². The minimum absolute atomic E-state index is 0.0751. The zero-order valence-electron chi connectivity index (χ0n) is 23.7. The lowest BCUT2D eigenvalue weighted by Crippen LogP contribution is -2.49. The molecule has 0 spiro atoms. The van der Waals surface area contributed by atoms with Crippen molar-refractivity contribution in [1.82, 2.24) is 18.8 Å². The zero-order valence-corrected chi connectivity index (χ0v) is 24.5. The molecular formula is C31H41F2N5O2S. The predicted octanol–water partition coefficient (Wildman–Crippen LogP) is 5.77. The number of nitrogens with zero attached hydrogens (tertiary/aromatic N) is 4.